The Bertz CT molecular complexity index is 1160. The summed E-state index contributed by atoms with van der Waals surface area (Å²) in [6.45, 7) is 4.19. The number of carbonyl (C=O) groups is 2. The van der Waals surface area contributed by atoms with Crippen molar-refractivity contribution in [2.75, 3.05) is 0 Å². The van der Waals surface area contributed by atoms with E-state index in [0.29, 0.717) is 5.57 Å². The van der Waals surface area contributed by atoms with Crippen molar-refractivity contribution in [3.63, 3.8) is 0 Å². The molecule has 0 N–H and O–H groups in total. The fourth-order valence-corrected chi connectivity index (χ4v) is 3.78. The zero-order chi connectivity index (χ0) is 20.4. The monoisotopic (exact) mass is 378 g/mol. The molecule has 0 fully saturated rings. The van der Waals surface area contributed by atoms with Gasteiger partial charge in [0.05, 0.1) is 0 Å². The molecule has 1 atom stereocenters. The van der Waals surface area contributed by atoms with E-state index in [4.69, 9.17) is 0 Å². The first kappa shape index (κ1) is 18.8. The van der Waals surface area contributed by atoms with Crippen molar-refractivity contribution in [1.29, 1.82) is 0 Å². The minimum Gasteiger partial charge on any atom is -0.290 e. The van der Waals surface area contributed by atoms with Crippen LogP contribution in [-0.4, -0.2) is 11.6 Å². The molecule has 0 heterocycles. The Morgan fingerprint density at radius 1 is 0.724 bits per heavy atom. The highest BCUT2D eigenvalue weighted by molar-refractivity contribution is 6.18. The largest absolute Gasteiger partial charge is 0.290 e. The van der Waals surface area contributed by atoms with Crippen LogP contribution in [0.5, 0.6) is 0 Å². The van der Waals surface area contributed by atoms with Gasteiger partial charge in [-0.25, -0.2) is 0 Å². The lowest BCUT2D eigenvalue weighted by molar-refractivity contribution is -0.114. The molecular formula is C27H22O2. The summed E-state index contributed by atoms with van der Waals surface area (Å²) in [7, 11) is 0. The molecule has 2 nitrogen and oxygen atoms in total. The molecule has 5 rings (SSSR count). The van der Waals surface area contributed by atoms with Crippen molar-refractivity contribution in [2.45, 2.75) is 19.8 Å². The third-order valence-corrected chi connectivity index (χ3v) is 5.31. The maximum Gasteiger partial charge on any atom is 0.183 e. The molecule has 0 bridgehead atoms. The van der Waals surface area contributed by atoms with E-state index in [1.54, 1.807) is 0 Å². The minimum atomic E-state index is -0.148. The Balaban J connectivity index is 0.000000216. The standard InChI is InChI=1S/C19H12O2.C8H10/c20-14-8-10-18(21)17(11-14)15-9-7-13-4-1-3-12-5-2-6-16(15)19(12)13;1-7-3-5-8(2)6-4-7/h1-11,15H;3-6H,1-2H3. The van der Waals surface area contributed by atoms with Gasteiger partial charge < -0.3 is 0 Å². The van der Waals surface area contributed by atoms with Crippen LogP contribution in [0.25, 0.3) is 16.8 Å². The van der Waals surface area contributed by atoms with Crippen molar-refractivity contribution in [2.24, 2.45) is 0 Å². The van der Waals surface area contributed by atoms with Gasteiger partial charge in [-0.3, -0.25) is 9.59 Å². The average Bonchev–Trinajstić information content (AvgIpc) is 2.73. The predicted molar refractivity (Wildman–Crippen MR) is 119 cm³/mol. The zero-order valence-electron chi connectivity index (χ0n) is 16.6. The van der Waals surface area contributed by atoms with Gasteiger partial charge in [0, 0.05) is 11.5 Å². The van der Waals surface area contributed by atoms with Crippen LogP contribution >= 0.6 is 0 Å². The normalized spacial score (nSPS) is 17.0. The highest BCUT2D eigenvalue weighted by atomic mass is 16.1. The first-order chi connectivity index (χ1) is 14.0. The molecule has 3 aromatic rings. The van der Waals surface area contributed by atoms with E-state index < -0.39 is 0 Å². The Morgan fingerprint density at radius 3 is 2.07 bits per heavy atom. The summed E-state index contributed by atoms with van der Waals surface area (Å²) in [5, 5.41) is 2.33. The molecule has 2 heteroatoms. The number of carbonyl (C=O) groups excluding carboxylic acids is 2. The van der Waals surface area contributed by atoms with Gasteiger partial charge in [-0.2, -0.15) is 0 Å². The lowest BCUT2D eigenvalue weighted by Crippen LogP contribution is -2.15. The van der Waals surface area contributed by atoms with Crippen LogP contribution in [0.1, 0.15) is 28.2 Å². The van der Waals surface area contributed by atoms with Gasteiger partial charge in [0.2, 0.25) is 0 Å². The summed E-state index contributed by atoms with van der Waals surface area (Å²) >= 11 is 0. The maximum atomic E-state index is 12.1. The number of benzene rings is 3. The van der Waals surface area contributed by atoms with E-state index in [1.807, 2.05) is 30.4 Å². The van der Waals surface area contributed by atoms with Gasteiger partial charge >= 0.3 is 0 Å². The van der Waals surface area contributed by atoms with E-state index >= 15 is 0 Å². The predicted octanol–water partition coefficient (Wildman–Crippen LogP) is 5.89. The van der Waals surface area contributed by atoms with Crippen LogP contribution in [-0.2, 0) is 9.59 Å². The molecule has 1 unspecified atom stereocenters. The average molecular weight is 378 g/mol. The molecule has 0 saturated heterocycles. The lowest BCUT2D eigenvalue weighted by Gasteiger charge is -2.23. The van der Waals surface area contributed by atoms with Gasteiger partial charge in [0.1, 0.15) is 0 Å². The molecule has 0 saturated carbocycles. The highest BCUT2D eigenvalue weighted by Crippen LogP contribution is 2.39. The Labute approximate surface area is 170 Å². The second-order valence-corrected chi connectivity index (χ2v) is 7.48. The molecule has 0 aliphatic heterocycles. The van der Waals surface area contributed by atoms with E-state index in [1.165, 1.54) is 34.7 Å². The fourth-order valence-electron chi connectivity index (χ4n) is 3.78. The number of ketones is 2. The fraction of sp³-hybridized carbons (Fsp3) is 0.111. The first-order valence-corrected chi connectivity index (χ1v) is 9.74. The molecule has 0 radical (unpaired) electrons. The van der Waals surface area contributed by atoms with Crippen molar-refractivity contribution in [3.8, 4) is 0 Å². The molecule has 142 valence electrons. The third-order valence-electron chi connectivity index (χ3n) is 5.31. The smallest absolute Gasteiger partial charge is 0.183 e. The first-order valence-electron chi connectivity index (χ1n) is 9.74. The van der Waals surface area contributed by atoms with E-state index in [0.717, 1.165) is 16.5 Å². The van der Waals surface area contributed by atoms with Crippen LogP contribution in [0.2, 0.25) is 0 Å². The van der Waals surface area contributed by atoms with Crippen LogP contribution < -0.4 is 0 Å². The highest BCUT2D eigenvalue weighted by Gasteiger charge is 2.26. The van der Waals surface area contributed by atoms with E-state index in [2.05, 4.69) is 56.3 Å². The molecule has 2 aliphatic rings. The van der Waals surface area contributed by atoms with Crippen LogP contribution in [0.4, 0.5) is 0 Å². The molecule has 29 heavy (non-hydrogen) atoms. The number of aryl methyl sites for hydroxylation is 2. The molecular weight excluding hydrogens is 356 g/mol. The van der Waals surface area contributed by atoms with Crippen LogP contribution in [0.3, 0.4) is 0 Å². The van der Waals surface area contributed by atoms with Gasteiger partial charge in [0.25, 0.3) is 0 Å². The topological polar surface area (TPSA) is 34.1 Å². The van der Waals surface area contributed by atoms with Crippen molar-refractivity contribution < 1.29 is 9.59 Å². The molecule has 0 spiro atoms. The van der Waals surface area contributed by atoms with Gasteiger partial charge in [0.15, 0.2) is 11.6 Å². The van der Waals surface area contributed by atoms with Gasteiger partial charge in [-0.1, -0.05) is 83.9 Å². The van der Waals surface area contributed by atoms with E-state index in [-0.39, 0.29) is 17.5 Å². The minimum absolute atomic E-state index is 0.0827. The van der Waals surface area contributed by atoms with Crippen molar-refractivity contribution in [1.82, 2.24) is 0 Å². The number of hydrogen-bond donors (Lipinski definition) is 0. The van der Waals surface area contributed by atoms with Gasteiger partial charge in [-0.15, -0.1) is 0 Å². The Hall–Kier alpha value is -3.52. The number of rotatable bonds is 1. The summed E-state index contributed by atoms with van der Waals surface area (Å²) in [5.74, 6) is -0.352. The van der Waals surface area contributed by atoms with E-state index in [9.17, 15) is 9.59 Å². The molecule has 3 aromatic carbocycles. The van der Waals surface area contributed by atoms with Crippen molar-refractivity contribution in [3.05, 3.63) is 113 Å². The second-order valence-electron chi connectivity index (χ2n) is 7.48. The number of hydrogen-bond acceptors (Lipinski definition) is 2. The summed E-state index contributed by atoms with van der Waals surface area (Å²) in [4.78, 5) is 23.7. The second kappa shape index (κ2) is 7.84. The summed E-state index contributed by atoms with van der Waals surface area (Å²) in [5.41, 5.74) is 5.46. The quantitative estimate of drug-likeness (QED) is 0.495. The SMILES string of the molecule is Cc1ccc(C)cc1.O=C1C=CC(=O)C(C2C=Cc3cccc4cccc2c34)=C1. The summed E-state index contributed by atoms with van der Waals surface area (Å²) in [6.07, 6.45) is 8.20. The summed E-state index contributed by atoms with van der Waals surface area (Å²) in [6, 6.07) is 20.8. The third kappa shape index (κ3) is 3.88. The summed E-state index contributed by atoms with van der Waals surface area (Å²) < 4.78 is 0. The van der Waals surface area contributed by atoms with Gasteiger partial charge in [-0.05, 0) is 54.0 Å². The zero-order valence-corrected chi connectivity index (χ0v) is 16.6. The maximum absolute atomic E-state index is 12.1. The number of allylic oxidation sites excluding steroid dienone is 5. The van der Waals surface area contributed by atoms with Crippen LogP contribution in [0.15, 0.2) is 90.5 Å². The molecule has 0 amide bonds. The van der Waals surface area contributed by atoms with Crippen molar-refractivity contribution >= 4 is 28.4 Å². The Morgan fingerprint density at radius 2 is 1.38 bits per heavy atom. The molecule has 0 aromatic heterocycles. The molecule has 2 aliphatic carbocycles. The lowest BCUT2D eigenvalue weighted by atomic mass is 9.79. The Kier molecular flexibility index (Phi) is 5.09. The van der Waals surface area contributed by atoms with Crippen LogP contribution in [0, 0.1) is 13.8 Å².